The van der Waals surface area contributed by atoms with Crippen LogP contribution in [-0.2, 0) is 19.6 Å². The summed E-state index contributed by atoms with van der Waals surface area (Å²) in [6.07, 6.45) is 8.94. The maximum atomic E-state index is 14.3. The van der Waals surface area contributed by atoms with E-state index in [0.717, 1.165) is 29.8 Å². The number of carbonyl (C=O) groups is 3. The van der Waals surface area contributed by atoms with Crippen LogP contribution in [0.5, 0.6) is 11.5 Å². The van der Waals surface area contributed by atoms with Crippen LogP contribution >= 0.6 is 11.3 Å². The van der Waals surface area contributed by atoms with Crippen molar-refractivity contribution in [2.45, 2.75) is 88.5 Å². The van der Waals surface area contributed by atoms with Crippen LogP contribution in [0.1, 0.15) is 75.8 Å². The Morgan fingerprint density at radius 3 is 2.60 bits per heavy atom. The molecule has 4 aliphatic rings. The van der Waals surface area contributed by atoms with Crippen LogP contribution in [0.15, 0.2) is 47.5 Å². The number of nitrogens with zero attached hydrogens (tertiary/aromatic N) is 4. The number of fused-ring (bicyclic) bond motifs is 3. The van der Waals surface area contributed by atoms with E-state index in [1.165, 1.54) is 4.90 Å². The zero-order valence-electron chi connectivity index (χ0n) is 30.9. The number of rotatable bonds is 8. The van der Waals surface area contributed by atoms with Gasteiger partial charge in [0.15, 0.2) is 0 Å². The van der Waals surface area contributed by atoms with Gasteiger partial charge in [-0.1, -0.05) is 26.0 Å². The first-order chi connectivity index (χ1) is 25.1. The number of benzene rings is 1. The van der Waals surface area contributed by atoms with Crippen molar-refractivity contribution in [2.75, 3.05) is 27.2 Å². The van der Waals surface area contributed by atoms with Gasteiger partial charge in [0.25, 0.3) is 11.8 Å². The molecule has 2 aromatic heterocycles. The van der Waals surface area contributed by atoms with E-state index in [9.17, 15) is 22.8 Å². The van der Waals surface area contributed by atoms with Crippen molar-refractivity contribution < 1.29 is 32.3 Å². The quantitative estimate of drug-likeness (QED) is 0.286. The monoisotopic (exact) mass is 762 g/mol. The van der Waals surface area contributed by atoms with E-state index in [2.05, 4.69) is 23.9 Å². The molecule has 282 valence electrons. The highest BCUT2D eigenvalue weighted by Gasteiger charge is 2.62. The summed E-state index contributed by atoms with van der Waals surface area (Å²) in [6, 6.07) is 5.17. The van der Waals surface area contributed by atoms with Crippen LogP contribution in [0.25, 0.3) is 22.3 Å². The zero-order valence-corrected chi connectivity index (χ0v) is 32.5. The van der Waals surface area contributed by atoms with E-state index in [4.69, 9.17) is 19.4 Å². The second kappa shape index (κ2) is 13.7. The molecule has 3 aromatic rings. The summed E-state index contributed by atoms with van der Waals surface area (Å²) in [6.45, 7) is 8.39. The minimum absolute atomic E-state index is 0.00000131. The third-order valence-electron chi connectivity index (χ3n) is 10.4. The van der Waals surface area contributed by atoms with Gasteiger partial charge in [-0.2, -0.15) is 0 Å². The van der Waals surface area contributed by atoms with E-state index in [1.807, 2.05) is 42.7 Å². The largest absolute Gasteiger partial charge is 0.496 e. The van der Waals surface area contributed by atoms with E-state index in [-0.39, 0.29) is 24.6 Å². The number of aryl methyl sites for hydroxylation is 1. The lowest BCUT2D eigenvalue weighted by Gasteiger charge is -2.30. The van der Waals surface area contributed by atoms with Crippen LogP contribution in [-0.4, -0.2) is 89.7 Å². The third kappa shape index (κ3) is 7.12. The molecule has 0 bridgehead atoms. The first-order valence-corrected chi connectivity index (χ1v) is 20.5. The number of sulfonamides is 1. The summed E-state index contributed by atoms with van der Waals surface area (Å²) in [5.74, 6) is -0.444. The fraction of sp³-hybridized carbons (Fsp3) is 0.500. The Labute approximate surface area is 313 Å². The summed E-state index contributed by atoms with van der Waals surface area (Å²) in [7, 11) is -0.559. The van der Waals surface area contributed by atoms with Gasteiger partial charge in [0.05, 0.1) is 40.8 Å². The fourth-order valence-corrected chi connectivity index (χ4v) is 9.27. The molecule has 3 atom stereocenters. The normalized spacial score (nSPS) is 25.6. The highest BCUT2D eigenvalue weighted by atomic mass is 32.2. The first-order valence-electron chi connectivity index (χ1n) is 18.1. The van der Waals surface area contributed by atoms with Gasteiger partial charge in [-0.3, -0.25) is 19.2 Å². The highest BCUT2D eigenvalue weighted by Crippen LogP contribution is 2.46. The second-order valence-corrected chi connectivity index (χ2v) is 17.9. The lowest BCUT2D eigenvalue weighted by atomic mass is 10.1. The van der Waals surface area contributed by atoms with E-state index < -0.39 is 50.2 Å². The number of methoxy groups -OCH3 is 1. The van der Waals surface area contributed by atoms with Crippen LogP contribution < -0.4 is 19.5 Å². The first kappa shape index (κ1) is 36.8. The maximum Gasteiger partial charge on any atom is 0.324 e. The average Bonchev–Trinajstić information content (AvgIpc) is 4.00. The van der Waals surface area contributed by atoms with Crippen molar-refractivity contribution in [3.05, 3.63) is 58.1 Å². The van der Waals surface area contributed by atoms with Gasteiger partial charge in [0, 0.05) is 47.8 Å². The molecule has 0 radical (unpaired) electrons. The number of allylic oxidation sites excluding steroid dienone is 1. The maximum absolute atomic E-state index is 14.3. The molecule has 2 aliphatic heterocycles. The van der Waals surface area contributed by atoms with Crippen LogP contribution in [0.4, 0.5) is 4.79 Å². The van der Waals surface area contributed by atoms with E-state index in [1.54, 1.807) is 43.4 Å². The molecule has 4 amide bonds. The lowest BCUT2D eigenvalue weighted by Crippen LogP contribution is -2.54. The van der Waals surface area contributed by atoms with Crippen molar-refractivity contribution in [2.24, 2.45) is 5.92 Å². The Hall–Kier alpha value is -4.50. The van der Waals surface area contributed by atoms with Crippen LogP contribution in [0.3, 0.4) is 0 Å². The van der Waals surface area contributed by atoms with Crippen molar-refractivity contribution in [1.29, 1.82) is 0 Å². The minimum atomic E-state index is -3.86. The second-order valence-electron chi connectivity index (χ2n) is 15.1. The molecule has 0 saturated heterocycles. The molecule has 4 heterocycles. The number of pyridine rings is 1. The Balaban J connectivity index is 1.27. The molecule has 1 aromatic carbocycles. The van der Waals surface area contributed by atoms with E-state index in [0.29, 0.717) is 53.2 Å². The minimum Gasteiger partial charge on any atom is -0.496 e. The summed E-state index contributed by atoms with van der Waals surface area (Å²) < 4.78 is 40.3. The van der Waals surface area contributed by atoms with Gasteiger partial charge in [-0.15, -0.1) is 11.3 Å². The number of hydrogen-bond acceptors (Lipinski definition) is 10. The average molecular weight is 763 g/mol. The topological polar surface area (TPSA) is 160 Å². The predicted molar refractivity (Wildman–Crippen MR) is 202 cm³/mol. The molecule has 2 aliphatic carbocycles. The van der Waals surface area contributed by atoms with Gasteiger partial charge in [0.2, 0.25) is 10.0 Å². The van der Waals surface area contributed by atoms with Crippen molar-refractivity contribution >= 4 is 50.1 Å². The molecule has 13 nitrogen and oxygen atoms in total. The summed E-state index contributed by atoms with van der Waals surface area (Å²) in [4.78, 5) is 54.8. The number of hydrogen-bond donors (Lipinski definition) is 2. The molecule has 15 heteroatoms. The third-order valence-corrected chi connectivity index (χ3v) is 13.4. The number of ether oxygens (including phenoxy) is 2. The molecule has 2 fully saturated rings. The Morgan fingerprint density at radius 2 is 1.91 bits per heavy atom. The molecule has 53 heavy (non-hydrogen) atoms. The number of carbonyl (C=O) groups excluding carboxylic acids is 3. The fourth-order valence-electron chi connectivity index (χ4n) is 7.07. The van der Waals surface area contributed by atoms with Gasteiger partial charge in [0.1, 0.15) is 28.3 Å². The Morgan fingerprint density at radius 1 is 1.13 bits per heavy atom. The Kier molecular flexibility index (Phi) is 9.54. The lowest BCUT2D eigenvalue weighted by molar-refractivity contribution is -0.128. The van der Waals surface area contributed by atoms with Crippen molar-refractivity contribution in [1.82, 2.24) is 29.8 Å². The standard InChI is InChI=1S/C38H46N6O7S2/c1-22(2)34-40-28(20-52-34)27-17-31(26-14-15-30(50-6)23(3)32(26)39-27)51-37(4)19-29-33(45)41-38(35(46)42-53(48,49)25-12-13-25)18-24(38)11-9-7-8-10-16-43(5)36(47)44(29)21-37/h9,11,14-15,17,19-20,22,24-25H,7-8,10,12-13,16,18,21H2,1-6H3,(H,41,45)(H,42,46)/b11-9-/t24-,37-,38-/m1/s1. The van der Waals surface area contributed by atoms with Crippen molar-refractivity contribution in [3.63, 3.8) is 0 Å². The van der Waals surface area contributed by atoms with Gasteiger partial charge in [-0.25, -0.2) is 23.2 Å². The summed E-state index contributed by atoms with van der Waals surface area (Å²) >= 11 is 1.56. The van der Waals surface area contributed by atoms with Gasteiger partial charge in [-0.05, 0) is 70.6 Å². The van der Waals surface area contributed by atoms with Crippen molar-refractivity contribution in [3.8, 4) is 22.9 Å². The molecule has 7 rings (SSSR count). The predicted octanol–water partition coefficient (Wildman–Crippen LogP) is 5.41. The number of urea groups is 1. The number of aromatic nitrogens is 2. The molecular weight excluding hydrogens is 717 g/mol. The highest BCUT2D eigenvalue weighted by molar-refractivity contribution is 7.91. The number of nitrogens with one attached hydrogen (secondary N) is 2. The molecule has 2 N–H and O–H groups in total. The van der Waals surface area contributed by atoms with Gasteiger partial charge >= 0.3 is 6.03 Å². The molecule has 0 unspecified atom stereocenters. The van der Waals surface area contributed by atoms with Crippen LogP contribution in [0.2, 0.25) is 0 Å². The molecular formula is C38H46N6O7S2. The smallest absolute Gasteiger partial charge is 0.324 e. The number of amides is 4. The summed E-state index contributed by atoms with van der Waals surface area (Å²) in [5, 5.41) is 5.93. The van der Waals surface area contributed by atoms with E-state index >= 15 is 0 Å². The SMILES string of the molecule is COc1ccc2c(O[C@]3(C)C=C4C(=O)N[C@]5(C(=O)NS(=O)(=O)C6CC6)C[C@H]5/C=C\CCCCN(C)C(=O)N4C3)cc(-c3csc(C(C)C)n3)nc2c1C. The Bertz CT molecular complexity index is 2160. The molecule has 2 saturated carbocycles. The zero-order chi connectivity index (χ0) is 37.9. The molecule has 0 spiro atoms. The van der Waals surface area contributed by atoms with Gasteiger partial charge < -0.3 is 19.7 Å². The number of thiazole rings is 1. The van der Waals surface area contributed by atoms with Crippen LogP contribution in [0, 0.1) is 12.8 Å². The summed E-state index contributed by atoms with van der Waals surface area (Å²) in [5.41, 5.74) is 0.141.